The Kier molecular flexibility index (Phi) is 7.52. The maximum atomic E-state index is 11.2. The largest absolute Gasteiger partial charge is 0.508 e. The minimum Gasteiger partial charge on any atom is -0.508 e. The first-order valence-corrected chi connectivity index (χ1v) is 10.5. The van der Waals surface area contributed by atoms with Gasteiger partial charge in [-0.25, -0.2) is 4.79 Å². The molecule has 0 spiro atoms. The van der Waals surface area contributed by atoms with Crippen molar-refractivity contribution in [2.24, 2.45) is 0 Å². The normalized spacial score (nSPS) is 26.3. The first-order valence-electron chi connectivity index (χ1n) is 10.5. The lowest BCUT2D eigenvalue weighted by molar-refractivity contribution is -0.271. The Bertz CT molecular complexity index is 951. The molecule has 0 aromatic heterocycles. The predicted molar refractivity (Wildman–Crippen MR) is 117 cm³/mol. The monoisotopic (exact) mass is 444 g/mol. The van der Waals surface area contributed by atoms with Crippen molar-refractivity contribution >= 4 is 17.1 Å². The first kappa shape index (κ1) is 23.7. The van der Waals surface area contributed by atoms with E-state index in [4.69, 9.17) is 14.6 Å². The summed E-state index contributed by atoms with van der Waals surface area (Å²) in [4.78, 5) is 11.2. The van der Waals surface area contributed by atoms with Crippen LogP contribution in [-0.2, 0) is 9.53 Å². The van der Waals surface area contributed by atoms with Crippen LogP contribution in [0.15, 0.2) is 48.5 Å². The number of allylic oxidation sites excluding steroid dienone is 2. The molecule has 2 aromatic carbocycles. The summed E-state index contributed by atoms with van der Waals surface area (Å²) in [5.41, 5.74) is 4.26. The standard InChI is InChI=1S/C24H28O8/c1-3-17(13-5-9-15(25)10-6-13)18(4-2)14-7-11-16(12-8-14)31-24-21(28)19(26)20(27)22(32-24)23(29)30/h5-12,19-22,24-28H,3-4H2,1-2H3,(H,29,30)/t19-,20-,21+,22-,24+/m0/s1. The number of phenolic OH excluding ortho intramolecular Hbond substituents is 1. The van der Waals surface area contributed by atoms with Gasteiger partial charge in [-0.15, -0.1) is 0 Å². The molecule has 0 aliphatic carbocycles. The van der Waals surface area contributed by atoms with E-state index in [1.54, 1.807) is 24.3 Å². The third-order valence-corrected chi connectivity index (χ3v) is 5.56. The van der Waals surface area contributed by atoms with E-state index in [0.717, 1.165) is 35.1 Å². The molecule has 2 aromatic rings. The molecule has 0 saturated carbocycles. The van der Waals surface area contributed by atoms with Gasteiger partial charge in [0.15, 0.2) is 6.10 Å². The topological polar surface area (TPSA) is 137 Å². The van der Waals surface area contributed by atoms with E-state index in [-0.39, 0.29) is 5.75 Å². The van der Waals surface area contributed by atoms with E-state index >= 15 is 0 Å². The highest BCUT2D eigenvalue weighted by Gasteiger charge is 2.48. The number of hydrogen-bond donors (Lipinski definition) is 5. The van der Waals surface area contributed by atoms with Gasteiger partial charge in [-0.05, 0) is 59.4 Å². The predicted octanol–water partition coefficient (Wildman–Crippen LogP) is 2.39. The molecule has 8 nitrogen and oxygen atoms in total. The van der Waals surface area contributed by atoms with Crippen LogP contribution in [0, 0.1) is 0 Å². The Hall–Kier alpha value is -2.91. The van der Waals surface area contributed by atoms with Crippen molar-refractivity contribution in [1.29, 1.82) is 0 Å². The number of aliphatic hydroxyl groups is 3. The Morgan fingerprint density at radius 3 is 1.81 bits per heavy atom. The number of carboxylic acids is 1. The van der Waals surface area contributed by atoms with Crippen molar-refractivity contribution in [3.8, 4) is 11.5 Å². The number of aliphatic carboxylic acids is 1. The fourth-order valence-corrected chi connectivity index (χ4v) is 3.86. The van der Waals surface area contributed by atoms with Gasteiger partial charge in [-0.1, -0.05) is 38.1 Å². The van der Waals surface area contributed by atoms with Crippen LogP contribution in [0.2, 0.25) is 0 Å². The van der Waals surface area contributed by atoms with Gasteiger partial charge < -0.3 is 35.0 Å². The Morgan fingerprint density at radius 1 is 0.844 bits per heavy atom. The Labute approximate surface area is 186 Å². The van der Waals surface area contributed by atoms with E-state index < -0.39 is 36.7 Å². The molecule has 5 N–H and O–H groups in total. The van der Waals surface area contributed by atoms with Crippen LogP contribution >= 0.6 is 0 Å². The number of benzene rings is 2. The van der Waals surface area contributed by atoms with Crippen molar-refractivity contribution in [3.05, 3.63) is 59.7 Å². The van der Waals surface area contributed by atoms with Crippen molar-refractivity contribution in [2.45, 2.75) is 57.4 Å². The highest BCUT2D eigenvalue weighted by atomic mass is 16.7. The summed E-state index contributed by atoms with van der Waals surface area (Å²) in [6.45, 7) is 4.12. The molecule has 1 heterocycles. The fraction of sp³-hybridized carbons (Fsp3) is 0.375. The molecule has 5 atom stereocenters. The van der Waals surface area contributed by atoms with Crippen LogP contribution in [0.3, 0.4) is 0 Å². The molecule has 8 heteroatoms. The summed E-state index contributed by atoms with van der Waals surface area (Å²) in [6, 6.07) is 14.1. The zero-order chi connectivity index (χ0) is 23.4. The maximum Gasteiger partial charge on any atom is 0.335 e. The number of carboxylic acid groups (broad SMARTS) is 1. The molecule has 172 valence electrons. The zero-order valence-corrected chi connectivity index (χ0v) is 17.9. The number of aromatic hydroxyl groups is 1. The second kappa shape index (κ2) is 10.1. The van der Waals surface area contributed by atoms with Gasteiger partial charge in [0.25, 0.3) is 0 Å². The van der Waals surface area contributed by atoms with Crippen molar-refractivity contribution in [1.82, 2.24) is 0 Å². The number of carbonyl (C=O) groups is 1. The SMILES string of the molecule is CCC(=C(CC)c1ccc(O[C@@H]2O[C@H](C(=O)O)[C@@H](O)[C@H](O)[C@H]2O)cc1)c1ccc(O)cc1. The average Bonchev–Trinajstić information content (AvgIpc) is 2.79. The average molecular weight is 444 g/mol. The summed E-state index contributed by atoms with van der Waals surface area (Å²) in [5.74, 6) is -0.950. The molecular formula is C24H28O8. The van der Waals surface area contributed by atoms with Crippen LogP contribution in [-0.4, -0.2) is 62.2 Å². The van der Waals surface area contributed by atoms with Crippen LogP contribution in [0.25, 0.3) is 11.1 Å². The summed E-state index contributed by atoms with van der Waals surface area (Å²) in [6.07, 6.45) is -6.71. The minimum atomic E-state index is -1.77. The molecule has 0 amide bonds. The van der Waals surface area contributed by atoms with Crippen LogP contribution in [0.1, 0.15) is 37.8 Å². The van der Waals surface area contributed by atoms with Gasteiger partial charge in [0.2, 0.25) is 6.29 Å². The lowest BCUT2D eigenvalue weighted by Crippen LogP contribution is -2.61. The first-order chi connectivity index (χ1) is 15.3. The van der Waals surface area contributed by atoms with Crippen molar-refractivity contribution < 1.29 is 39.8 Å². The van der Waals surface area contributed by atoms with E-state index in [2.05, 4.69) is 13.8 Å². The second-order valence-corrected chi connectivity index (χ2v) is 7.59. The number of hydrogen-bond acceptors (Lipinski definition) is 7. The quantitative estimate of drug-likeness (QED) is 0.411. The molecule has 1 fully saturated rings. The van der Waals surface area contributed by atoms with Crippen molar-refractivity contribution in [3.63, 3.8) is 0 Å². The summed E-state index contributed by atoms with van der Waals surface area (Å²) in [7, 11) is 0. The molecule has 0 unspecified atom stereocenters. The molecule has 0 radical (unpaired) electrons. The zero-order valence-electron chi connectivity index (χ0n) is 17.9. The molecule has 32 heavy (non-hydrogen) atoms. The number of rotatable bonds is 7. The maximum absolute atomic E-state index is 11.2. The number of ether oxygens (including phenoxy) is 2. The molecular weight excluding hydrogens is 416 g/mol. The summed E-state index contributed by atoms with van der Waals surface area (Å²) < 4.78 is 10.7. The molecule has 1 aliphatic rings. The number of phenols is 1. The Balaban J connectivity index is 1.83. The fourth-order valence-electron chi connectivity index (χ4n) is 3.86. The third kappa shape index (κ3) is 4.94. The van der Waals surface area contributed by atoms with E-state index in [0.29, 0.717) is 5.75 Å². The Morgan fingerprint density at radius 2 is 1.34 bits per heavy atom. The third-order valence-electron chi connectivity index (χ3n) is 5.56. The van der Waals surface area contributed by atoms with Crippen molar-refractivity contribution in [2.75, 3.05) is 0 Å². The van der Waals surface area contributed by atoms with E-state index in [9.17, 15) is 25.2 Å². The van der Waals surface area contributed by atoms with Gasteiger partial charge in [0.1, 0.15) is 29.8 Å². The van der Waals surface area contributed by atoms with Crippen LogP contribution < -0.4 is 4.74 Å². The van der Waals surface area contributed by atoms with E-state index in [1.807, 2.05) is 24.3 Å². The van der Waals surface area contributed by atoms with E-state index in [1.165, 1.54) is 0 Å². The summed E-state index contributed by atoms with van der Waals surface area (Å²) >= 11 is 0. The van der Waals surface area contributed by atoms with Gasteiger partial charge in [0, 0.05) is 0 Å². The van der Waals surface area contributed by atoms with Gasteiger partial charge >= 0.3 is 5.97 Å². The number of aliphatic hydroxyl groups excluding tert-OH is 3. The highest BCUT2D eigenvalue weighted by Crippen LogP contribution is 2.33. The highest BCUT2D eigenvalue weighted by molar-refractivity contribution is 5.90. The summed E-state index contributed by atoms with van der Waals surface area (Å²) in [5, 5.41) is 48.6. The van der Waals surface area contributed by atoms with Crippen LogP contribution in [0.5, 0.6) is 11.5 Å². The smallest absolute Gasteiger partial charge is 0.335 e. The van der Waals surface area contributed by atoms with Crippen LogP contribution in [0.4, 0.5) is 0 Å². The van der Waals surface area contributed by atoms with Gasteiger partial charge in [-0.3, -0.25) is 0 Å². The lowest BCUT2D eigenvalue weighted by atomic mass is 9.91. The van der Waals surface area contributed by atoms with Gasteiger partial charge in [0.05, 0.1) is 0 Å². The molecule has 1 aliphatic heterocycles. The second-order valence-electron chi connectivity index (χ2n) is 7.59. The minimum absolute atomic E-state index is 0.207. The molecule has 0 bridgehead atoms. The lowest BCUT2D eigenvalue weighted by Gasteiger charge is -2.38. The molecule has 3 rings (SSSR count). The van der Waals surface area contributed by atoms with Gasteiger partial charge in [-0.2, -0.15) is 0 Å². The molecule has 1 saturated heterocycles.